The number of hydrogen-bond donors (Lipinski definition) is 1. The van der Waals surface area contributed by atoms with Gasteiger partial charge in [-0.1, -0.05) is 11.6 Å². The molecule has 0 aliphatic carbocycles. The molecule has 2 heterocycles. The molecule has 0 radical (unpaired) electrons. The van der Waals surface area contributed by atoms with E-state index in [-0.39, 0.29) is 6.09 Å². The number of H-pyrrole nitrogens is 1. The predicted molar refractivity (Wildman–Crippen MR) is 95.9 cm³/mol. The maximum Gasteiger partial charge on any atom is 0.410 e. The minimum atomic E-state index is -0.509. The van der Waals surface area contributed by atoms with Crippen molar-refractivity contribution in [3.8, 4) is 17.1 Å². The number of carbonyl (C=O) groups is 1. The summed E-state index contributed by atoms with van der Waals surface area (Å²) in [6, 6.07) is 5.43. The molecule has 3 rings (SSSR count). The molecule has 7 heteroatoms. The fourth-order valence-corrected chi connectivity index (χ4v) is 2.92. The lowest BCUT2D eigenvalue weighted by Gasteiger charge is -2.29. The van der Waals surface area contributed by atoms with Crippen LogP contribution in [-0.4, -0.2) is 40.2 Å². The number of aromatic amines is 1. The van der Waals surface area contributed by atoms with Gasteiger partial charge in [0.25, 0.3) is 0 Å². The van der Waals surface area contributed by atoms with Gasteiger partial charge < -0.3 is 19.4 Å². The number of fused-ring (bicyclic) bond motifs is 1. The first-order valence-corrected chi connectivity index (χ1v) is 8.54. The lowest BCUT2D eigenvalue weighted by atomic mass is 10.1. The quantitative estimate of drug-likeness (QED) is 0.874. The van der Waals surface area contributed by atoms with Gasteiger partial charge in [0, 0.05) is 18.5 Å². The van der Waals surface area contributed by atoms with Crippen LogP contribution >= 0.6 is 11.6 Å². The molecule has 6 nitrogen and oxygen atoms in total. The zero-order chi connectivity index (χ0) is 18.2. The van der Waals surface area contributed by atoms with Gasteiger partial charge >= 0.3 is 6.09 Å². The molecular formula is C18H22ClN3O3. The molecule has 1 N–H and O–H groups in total. The molecule has 25 heavy (non-hydrogen) atoms. The van der Waals surface area contributed by atoms with Crippen molar-refractivity contribution in [2.24, 2.45) is 0 Å². The van der Waals surface area contributed by atoms with E-state index in [4.69, 9.17) is 21.1 Å². The number of aromatic nitrogens is 2. The van der Waals surface area contributed by atoms with Crippen molar-refractivity contribution in [1.82, 2.24) is 14.9 Å². The molecule has 0 saturated heterocycles. The second kappa shape index (κ2) is 6.59. The smallest absolute Gasteiger partial charge is 0.410 e. The highest BCUT2D eigenvalue weighted by atomic mass is 35.5. The number of rotatable bonds is 2. The lowest BCUT2D eigenvalue weighted by molar-refractivity contribution is 0.0221. The number of imidazole rings is 1. The van der Waals surface area contributed by atoms with E-state index in [0.29, 0.717) is 36.1 Å². The molecule has 2 aromatic rings. The fraction of sp³-hybridized carbons (Fsp3) is 0.444. The monoisotopic (exact) mass is 363 g/mol. The van der Waals surface area contributed by atoms with Gasteiger partial charge in [0.05, 0.1) is 30.1 Å². The summed E-state index contributed by atoms with van der Waals surface area (Å²) in [5.41, 5.74) is 2.13. The maximum atomic E-state index is 12.3. The van der Waals surface area contributed by atoms with Gasteiger partial charge in [-0.15, -0.1) is 0 Å². The molecule has 134 valence electrons. The van der Waals surface area contributed by atoms with Crippen molar-refractivity contribution in [2.75, 3.05) is 13.7 Å². The Balaban J connectivity index is 1.83. The van der Waals surface area contributed by atoms with E-state index in [1.165, 1.54) is 0 Å². The molecule has 0 saturated carbocycles. The molecule has 1 aromatic heterocycles. The second-order valence-electron chi connectivity index (χ2n) is 7.01. The first-order valence-electron chi connectivity index (χ1n) is 8.16. The van der Waals surface area contributed by atoms with E-state index in [0.717, 1.165) is 17.0 Å². The van der Waals surface area contributed by atoms with E-state index < -0.39 is 5.60 Å². The predicted octanol–water partition coefficient (Wildman–Crippen LogP) is 4.03. The number of nitrogens with one attached hydrogen (secondary N) is 1. The Morgan fingerprint density at radius 2 is 2.12 bits per heavy atom. The van der Waals surface area contributed by atoms with Gasteiger partial charge in [-0.3, -0.25) is 0 Å². The number of carbonyl (C=O) groups excluding carboxylic acids is 1. The summed E-state index contributed by atoms with van der Waals surface area (Å²) in [4.78, 5) is 21.9. The summed E-state index contributed by atoms with van der Waals surface area (Å²) in [6.45, 7) is 6.61. The molecule has 1 aromatic carbocycles. The SMILES string of the molecule is COc1ccc(Cl)c(-c2nc3c([nH]2)CN(C(=O)OC(C)(C)C)CC3)c1. The van der Waals surface area contributed by atoms with Crippen LogP contribution in [0.15, 0.2) is 18.2 Å². The Kier molecular flexibility index (Phi) is 4.64. The van der Waals surface area contributed by atoms with E-state index in [2.05, 4.69) is 9.97 Å². The van der Waals surface area contributed by atoms with Crippen molar-refractivity contribution < 1.29 is 14.3 Å². The van der Waals surface area contributed by atoms with E-state index in [1.807, 2.05) is 26.8 Å². The topological polar surface area (TPSA) is 67.5 Å². The van der Waals surface area contributed by atoms with Crippen molar-refractivity contribution >= 4 is 17.7 Å². The summed E-state index contributed by atoms with van der Waals surface area (Å²) < 4.78 is 10.7. The molecule has 0 spiro atoms. The first-order chi connectivity index (χ1) is 11.8. The van der Waals surface area contributed by atoms with Crippen molar-refractivity contribution in [1.29, 1.82) is 0 Å². The van der Waals surface area contributed by atoms with Crippen LogP contribution in [0.2, 0.25) is 5.02 Å². The number of amides is 1. The summed E-state index contributed by atoms with van der Waals surface area (Å²) in [6.07, 6.45) is 0.362. The third kappa shape index (κ3) is 3.90. The van der Waals surface area contributed by atoms with E-state index >= 15 is 0 Å². The minimum absolute atomic E-state index is 0.311. The number of halogens is 1. The van der Waals surface area contributed by atoms with Crippen molar-refractivity contribution in [2.45, 2.75) is 39.3 Å². The van der Waals surface area contributed by atoms with Crippen LogP contribution in [0.4, 0.5) is 4.79 Å². The van der Waals surface area contributed by atoms with Crippen LogP contribution in [0.3, 0.4) is 0 Å². The standard InChI is InChI=1S/C18H22ClN3O3/c1-18(2,3)25-17(23)22-8-7-14-15(10-22)21-16(20-14)12-9-11(24-4)5-6-13(12)19/h5-6,9H,7-8,10H2,1-4H3,(H,20,21). The highest BCUT2D eigenvalue weighted by molar-refractivity contribution is 6.33. The Morgan fingerprint density at radius 3 is 2.80 bits per heavy atom. The van der Waals surface area contributed by atoms with Gasteiger partial charge in [0.1, 0.15) is 17.2 Å². The highest BCUT2D eigenvalue weighted by Gasteiger charge is 2.28. The molecular weight excluding hydrogens is 342 g/mol. The van der Waals surface area contributed by atoms with Crippen LogP contribution in [0, 0.1) is 0 Å². The number of ether oxygens (including phenoxy) is 2. The normalized spacial score (nSPS) is 14.2. The molecule has 1 amide bonds. The lowest BCUT2D eigenvalue weighted by Crippen LogP contribution is -2.39. The fourth-order valence-electron chi connectivity index (χ4n) is 2.72. The molecule has 1 aliphatic rings. The number of hydrogen-bond acceptors (Lipinski definition) is 4. The van der Waals surface area contributed by atoms with Crippen LogP contribution in [-0.2, 0) is 17.7 Å². The van der Waals surface area contributed by atoms with Gasteiger partial charge in [0.2, 0.25) is 0 Å². The average molecular weight is 364 g/mol. The van der Waals surface area contributed by atoms with Gasteiger partial charge in [-0.2, -0.15) is 0 Å². The number of benzene rings is 1. The largest absolute Gasteiger partial charge is 0.497 e. The molecule has 0 unspecified atom stereocenters. The van der Waals surface area contributed by atoms with Gasteiger partial charge in [0.15, 0.2) is 0 Å². The number of nitrogens with zero attached hydrogens (tertiary/aromatic N) is 2. The highest BCUT2D eigenvalue weighted by Crippen LogP contribution is 2.31. The molecule has 0 fully saturated rings. The zero-order valence-corrected chi connectivity index (χ0v) is 15.6. The molecule has 0 atom stereocenters. The first kappa shape index (κ1) is 17.6. The zero-order valence-electron chi connectivity index (χ0n) is 14.9. The summed E-state index contributed by atoms with van der Waals surface area (Å²) in [7, 11) is 1.61. The van der Waals surface area contributed by atoms with Gasteiger partial charge in [-0.25, -0.2) is 9.78 Å². The Morgan fingerprint density at radius 1 is 1.36 bits per heavy atom. The van der Waals surface area contributed by atoms with Crippen molar-refractivity contribution in [3.63, 3.8) is 0 Å². The van der Waals surface area contributed by atoms with Crippen LogP contribution in [0.1, 0.15) is 32.2 Å². The summed E-state index contributed by atoms with van der Waals surface area (Å²) in [5, 5.41) is 0.593. The summed E-state index contributed by atoms with van der Waals surface area (Å²) >= 11 is 6.30. The average Bonchev–Trinajstić information content (AvgIpc) is 2.96. The Labute approximate surface area is 152 Å². The van der Waals surface area contributed by atoms with Gasteiger partial charge in [-0.05, 0) is 39.0 Å². The van der Waals surface area contributed by atoms with E-state index in [1.54, 1.807) is 24.1 Å². The third-order valence-electron chi connectivity index (χ3n) is 3.91. The number of methoxy groups -OCH3 is 1. The summed E-state index contributed by atoms with van der Waals surface area (Å²) in [5.74, 6) is 1.39. The Hall–Kier alpha value is -2.21. The molecule has 1 aliphatic heterocycles. The van der Waals surface area contributed by atoms with Crippen LogP contribution < -0.4 is 4.74 Å². The minimum Gasteiger partial charge on any atom is -0.497 e. The third-order valence-corrected chi connectivity index (χ3v) is 4.24. The van der Waals surface area contributed by atoms with Crippen molar-refractivity contribution in [3.05, 3.63) is 34.6 Å². The van der Waals surface area contributed by atoms with Crippen LogP contribution in [0.25, 0.3) is 11.4 Å². The maximum absolute atomic E-state index is 12.3. The Bertz CT molecular complexity index is 795. The second-order valence-corrected chi connectivity index (χ2v) is 7.42. The van der Waals surface area contributed by atoms with E-state index in [9.17, 15) is 4.79 Å². The van der Waals surface area contributed by atoms with Crippen LogP contribution in [0.5, 0.6) is 5.75 Å². The molecule has 0 bridgehead atoms.